The zero-order valence-corrected chi connectivity index (χ0v) is 13.5. The van der Waals surface area contributed by atoms with E-state index in [4.69, 9.17) is 0 Å². The van der Waals surface area contributed by atoms with Gasteiger partial charge in [-0.05, 0) is 31.5 Å². The summed E-state index contributed by atoms with van der Waals surface area (Å²) in [6.07, 6.45) is 0. The Hall–Kier alpha value is -2.95. The number of amides is 3. The summed E-state index contributed by atoms with van der Waals surface area (Å²) in [6, 6.07) is 15.1. The Morgan fingerprint density at radius 3 is 1.92 bits per heavy atom. The van der Waals surface area contributed by atoms with Gasteiger partial charge in [0.15, 0.2) is 0 Å². The Labute approximate surface area is 140 Å². The molecule has 0 spiro atoms. The number of fused-ring (bicyclic) bond motifs is 1. The first-order valence-electron chi connectivity index (χ1n) is 7.83. The summed E-state index contributed by atoms with van der Waals surface area (Å²) < 4.78 is 0. The molecule has 5 heteroatoms. The van der Waals surface area contributed by atoms with Gasteiger partial charge in [-0.15, -0.1) is 0 Å². The SMILES string of the molecule is C[C@H](NC(=O)[C@H](C)N1C(=O)c2ccccc2C1=O)c1ccccc1. The second-order valence-corrected chi connectivity index (χ2v) is 5.84. The van der Waals surface area contributed by atoms with Gasteiger partial charge in [0.1, 0.15) is 6.04 Å². The van der Waals surface area contributed by atoms with Crippen LogP contribution in [0.25, 0.3) is 0 Å². The van der Waals surface area contributed by atoms with E-state index in [9.17, 15) is 14.4 Å². The predicted molar refractivity (Wildman–Crippen MR) is 89.4 cm³/mol. The number of hydrogen-bond acceptors (Lipinski definition) is 3. The molecule has 1 N–H and O–H groups in total. The molecular weight excluding hydrogens is 304 g/mol. The van der Waals surface area contributed by atoms with E-state index >= 15 is 0 Å². The van der Waals surface area contributed by atoms with Crippen LogP contribution < -0.4 is 5.32 Å². The number of imide groups is 1. The molecule has 1 heterocycles. The largest absolute Gasteiger partial charge is 0.348 e. The lowest BCUT2D eigenvalue weighted by Crippen LogP contribution is -2.48. The summed E-state index contributed by atoms with van der Waals surface area (Å²) in [5.74, 6) is -1.21. The Kier molecular flexibility index (Phi) is 4.16. The topological polar surface area (TPSA) is 66.5 Å². The number of rotatable bonds is 4. The second kappa shape index (κ2) is 6.28. The fourth-order valence-corrected chi connectivity index (χ4v) is 2.84. The van der Waals surface area contributed by atoms with Crippen LogP contribution in [0.1, 0.15) is 46.2 Å². The zero-order chi connectivity index (χ0) is 17.3. The number of carbonyl (C=O) groups is 3. The lowest BCUT2D eigenvalue weighted by atomic mass is 10.1. The van der Waals surface area contributed by atoms with E-state index in [1.54, 1.807) is 31.2 Å². The maximum absolute atomic E-state index is 12.5. The van der Waals surface area contributed by atoms with Crippen LogP contribution in [-0.2, 0) is 4.79 Å². The van der Waals surface area contributed by atoms with Crippen molar-refractivity contribution < 1.29 is 14.4 Å². The first-order valence-corrected chi connectivity index (χ1v) is 7.83. The molecule has 122 valence electrons. The highest BCUT2D eigenvalue weighted by Crippen LogP contribution is 2.24. The van der Waals surface area contributed by atoms with Crippen molar-refractivity contribution in [2.24, 2.45) is 0 Å². The van der Waals surface area contributed by atoms with E-state index in [2.05, 4.69) is 5.32 Å². The van der Waals surface area contributed by atoms with Gasteiger partial charge in [0, 0.05) is 0 Å². The van der Waals surface area contributed by atoms with Crippen LogP contribution in [0.15, 0.2) is 54.6 Å². The van der Waals surface area contributed by atoms with Crippen molar-refractivity contribution in [1.82, 2.24) is 10.2 Å². The third-order valence-electron chi connectivity index (χ3n) is 4.25. The van der Waals surface area contributed by atoms with Crippen LogP contribution in [0.3, 0.4) is 0 Å². The minimum absolute atomic E-state index is 0.212. The van der Waals surface area contributed by atoms with Gasteiger partial charge in [-0.2, -0.15) is 0 Å². The van der Waals surface area contributed by atoms with Crippen LogP contribution in [0.5, 0.6) is 0 Å². The zero-order valence-electron chi connectivity index (χ0n) is 13.5. The first kappa shape index (κ1) is 15.9. The molecule has 1 aliphatic rings. The van der Waals surface area contributed by atoms with Gasteiger partial charge >= 0.3 is 0 Å². The Morgan fingerprint density at radius 1 is 0.875 bits per heavy atom. The monoisotopic (exact) mass is 322 g/mol. The molecule has 3 amide bonds. The minimum Gasteiger partial charge on any atom is -0.348 e. The molecular formula is C19H18N2O3. The summed E-state index contributed by atoms with van der Waals surface area (Å²) in [7, 11) is 0. The molecule has 0 saturated heterocycles. The van der Waals surface area contributed by atoms with Crippen molar-refractivity contribution in [1.29, 1.82) is 0 Å². The van der Waals surface area contributed by atoms with Crippen LogP contribution in [0.4, 0.5) is 0 Å². The van der Waals surface area contributed by atoms with E-state index in [0.29, 0.717) is 11.1 Å². The van der Waals surface area contributed by atoms with Gasteiger partial charge in [0.2, 0.25) is 5.91 Å². The summed E-state index contributed by atoms with van der Waals surface area (Å²) in [6.45, 7) is 3.43. The van der Waals surface area contributed by atoms with E-state index in [1.807, 2.05) is 37.3 Å². The van der Waals surface area contributed by atoms with Gasteiger partial charge in [0.05, 0.1) is 17.2 Å². The number of benzene rings is 2. The highest BCUT2D eigenvalue weighted by molar-refractivity contribution is 6.22. The molecule has 0 fully saturated rings. The van der Waals surface area contributed by atoms with Crippen molar-refractivity contribution in [3.8, 4) is 0 Å². The molecule has 0 saturated carbocycles. The Bertz CT molecular complexity index is 766. The third-order valence-corrected chi connectivity index (χ3v) is 4.25. The van der Waals surface area contributed by atoms with Crippen molar-refractivity contribution in [3.05, 3.63) is 71.3 Å². The van der Waals surface area contributed by atoms with E-state index in [-0.39, 0.29) is 11.9 Å². The highest BCUT2D eigenvalue weighted by atomic mass is 16.2. The fraction of sp³-hybridized carbons (Fsp3) is 0.211. The number of nitrogens with one attached hydrogen (secondary N) is 1. The molecule has 24 heavy (non-hydrogen) atoms. The summed E-state index contributed by atoms with van der Waals surface area (Å²) in [5.41, 5.74) is 1.65. The molecule has 1 aliphatic heterocycles. The van der Waals surface area contributed by atoms with Gasteiger partial charge in [-0.3, -0.25) is 19.3 Å². The fourth-order valence-electron chi connectivity index (χ4n) is 2.84. The average Bonchev–Trinajstić information content (AvgIpc) is 2.86. The molecule has 0 unspecified atom stereocenters. The number of hydrogen-bond donors (Lipinski definition) is 1. The van der Waals surface area contributed by atoms with Crippen molar-refractivity contribution >= 4 is 17.7 Å². The molecule has 0 radical (unpaired) electrons. The van der Waals surface area contributed by atoms with Gasteiger partial charge in [-0.25, -0.2) is 0 Å². The molecule has 0 aliphatic carbocycles. The minimum atomic E-state index is -0.872. The van der Waals surface area contributed by atoms with Crippen LogP contribution >= 0.6 is 0 Å². The van der Waals surface area contributed by atoms with E-state index < -0.39 is 17.9 Å². The molecule has 2 aromatic carbocycles. The smallest absolute Gasteiger partial charge is 0.262 e. The Balaban J connectivity index is 1.75. The van der Waals surface area contributed by atoms with Crippen LogP contribution in [-0.4, -0.2) is 28.7 Å². The molecule has 0 aromatic heterocycles. The predicted octanol–water partition coefficient (Wildman–Crippen LogP) is 2.55. The van der Waals surface area contributed by atoms with Crippen LogP contribution in [0.2, 0.25) is 0 Å². The maximum Gasteiger partial charge on any atom is 0.262 e. The highest BCUT2D eigenvalue weighted by Gasteiger charge is 2.40. The van der Waals surface area contributed by atoms with Gasteiger partial charge < -0.3 is 5.32 Å². The van der Waals surface area contributed by atoms with Gasteiger partial charge in [-0.1, -0.05) is 42.5 Å². The molecule has 3 rings (SSSR count). The molecule has 0 bridgehead atoms. The lowest BCUT2D eigenvalue weighted by molar-refractivity contribution is -0.125. The first-order chi connectivity index (χ1) is 11.5. The van der Waals surface area contributed by atoms with E-state index in [0.717, 1.165) is 10.5 Å². The molecule has 2 atom stereocenters. The van der Waals surface area contributed by atoms with Crippen molar-refractivity contribution in [2.45, 2.75) is 25.9 Å². The number of nitrogens with zero attached hydrogens (tertiary/aromatic N) is 1. The number of carbonyl (C=O) groups excluding carboxylic acids is 3. The quantitative estimate of drug-likeness (QED) is 0.880. The summed E-state index contributed by atoms with van der Waals surface area (Å²) in [5, 5.41) is 2.86. The summed E-state index contributed by atoms with van der Waals surface area (Å²) in [4.78, 5) is 38.4. The Morgan fingerprint density at radius 2 is 1.38 bits per heavy atom. The van der Waals surface area contributed by atoms with Crippen molar-refractivity contribution in [2.75, 3.05) is 0 Å². The molecule has 2 aromatic rings. The summed E-state index contributed by atoms with van der Waals surface area (Å²) >= 11 is 0. The van der Waals surface area contributed by atoms with Crippen molar-refractivity contribution in [3.63, 3.8) is 0 Å². The normalized spacial score (nSPS) is 15.8. The standard InChI is InChI=1S/C19H18N2O3/c1-12(14-8-4-3-5-9-14)20-17(22)13(2)21-18(23)15-10-6-7-11-16(15)19(21)24/h3-13H,1-2H3,(H,20,22)/t12-,13-/m0/s1. The molecule has 5 nitrogen and oxygen atoms in total. The second-order valence-electron chi connectivity index (χ2n) is 5.84. The lowest BCUT2D eigenvalue weighted by Gasteiger charge is -2.24. The maximum atomic E-state index is 12.5. The van der Waals surface area contributed by atoms with Gasteiger partial charge in [0.25, 0.3) is 11.8 Å². The third kappa shape index (κ3) is 2.69. The van der Waals surface area contributed by atoms with E-state index in [1.165, 1.54) is 0 Å². The van der Waals surface area contributed by atoms with Crippen LogP contribution in [0, 0.1) is 0 Å². The average molecular weight is 322 g/mol.